The highest BCUT2D eigenvalue weighted by atomic mass is 32.2. The first-order valence-corrected chi connectivity index (χ1v) is 10.9. The van der Waals surface area contributed by atoms with Gasteiger partial charge in [-0.2, -0.15) is 17.5 Å². The van der Waals surface area contributed by atoms with E-state index in [9.17, 15) is 30.0 Å². The van der Waals surface area contributed by atoms with E-state index in [1.54, 1.807) is 30.3 Å². The number of benzene rings is 2. The largest absolute Gasteiger partial charge is 0.417 e. The zero-order valence-corrected chi connectivity index (χ0v) is 16.1. The van der Waals surface area contributed by atoms with Crippen molar-refractivity contribution in [2.75, 3.05) is 5.32 Å². The van der Waals surface area contributed by atoms with E-state index in [2.05, 4.69) is 5.32 Å². The Morgan fingerprint density at radius 3 is 2.32 bits per heavy atom. The standard InChI is InChI=1S/C16H16F3N3O4S2/c1-10-21-13-7-12(16(17,18)19)14(27(20,23)24)8-15(13)28(25,26)22(10)9-11-5-3-2-4-6-11/h2-8,10,21H,9H2,1H3,(H2,20,23,24). The Morgan fingerprint density at radius 2 is 1.79 bits per heavy atom. The SMILES string of the molecule is CC1Nc2cc(C(F)(F)F)c(S(N)(=O)=O)cc2S(=O)(=O)N1Cc1ccccc1. The van der Waals surface area contributed by atoms with Gasteiger partial charge in [0.05, 0.1) is 22.3 Å². The molecule has 0 amide bonds. The van der Waals surface area contributed by atoms with E-state index in [-0.39, 0.29) is 12.2 Å². The van der Waals surface area contributed by atoms with Gasteiger partial charge in [0.2, 0.25) is 20.0 Å². The molecule has 0 bridgehead atoms. The molecular weight excluding hydrogens is 419 g/mol. The van der Waals surface area contributed by atoms with Gasteiger partial charge in [-0.1, -0.05) is 30.3 Å². The van der Waals surface area contributed by atoms with Crippen LogP contribution in [0.1, 0.15) is 18.1 Å². The van der Waals surface area contributed by atoms with Crippen molar-refractivity contribution in [1.82, 2.24) is 4.31 Å². The number of alkyl halides is 3. The molecule has 0 aromatic heterocycles. The quantitative estimate of drug-likeness (QED) is 0.769. The molecule has 7 nitrogen and oxygen atoms in total. The maximum absolute atomic E-state index is 13.3. The van der Waals surface area contributed by atoms with Gasteiger partial charge in [0, 0.05) is 6.54 Å². The van der Waals surface area contributed by atoms with Gasteiger partial charge < -0.3 is 5.32 Å². The van der Waals surface area contributed by atoms with Crippen LogP contribution in [0, 0.1) is 0 Å². The lowest BCUT2D eigenvalue weighted by Crippen LogP contribution is -2.46. The Kier molecular flexibility index (Phi) is 4.94. The minimum absolute atomic E-state index is 0.0531. The molecule has 0 fully saturated rings. The van der Waals surface area contributed by atoms with E-state index in [1.807, 2.05) is 0 Å². The van der Waals surface area contributed by atoms with Crippen molar-refractivity contribution in [1.29, 1.82) is 0 Å². The number of fused-ring (bicyclic) bond motifs is 1. The topological polar surface area (TPSA) is 110 Å². The van der Waals surface area contributed by atoms with Gasteiger partial charge in [-0.25, -0.2) is 22.0 Å². The molecule has 12 heteroatoms. The molecule has 1 aliphatic rings. The van der Waals surface area contributed by atoms with Gasteiger partial charge in [-0.3, -0.25) is 0 Å². The lowest BCUT2D eigenvalue weighted by Gasteiger charge is -2.35. The average Bonchev–Trinajstić information content (AvgIpc) is 2.57. The monoisotopic (exact) mass is 435 g/mol. The fourth-order valence-corrected chi connectivity index (χ4v) is 5.50. The number of rotatable bonds is 3. The molecule has 0 saturated carbocycles. The van der Waals surface area contributed by atoms with E-state index >= 15 is 0 Å². The molecule has 1 atom stereocenters. The minimum atomic E-state index is -5.04. The van der Waals surface area contributed by atoms with Crippen LogP contribution < -0.4 is 10.5 Å². The summed E-state index contributed by atoms with van der Waals surface area (Å²) in [6, 6.07) is 9.49. The molecule has 152 valence electrons. The van der Waals surface area contributed by atoms with Crippen LogP contribution in [0.5, 0.6) is 0 Å². The highest BCUT2D eigenvalue weighted by molar-refractivity contribution is 7.90. The molecule has 1 unspecified atom stereocenters. The number of sulfonamides is 2. The summed E-state index contributed by atoms with van der Waals surface area (Å²) in [6.45, 7) is 1.42. The predicted molar refractivity (Wildman–Crippen MR) is 95.1 cm³/mol. The number of nitrogens with one attached hydrogen (secondary N) is 1. The van der Waals surface area contributed by atoms with Crippen molar-refractivity contribution < 1.29 is 30.0 Å². The Hall–Kier alpha value is -2.15. The van der Waals surface area contributed by atoms with Crippen molar-refractivity contribution in [3.63, 3.8) is 0 Å². The number of hydrogen-bond donors (Lipinski definition) is 2. The minimum Gasteiger partial charge on any atom is -0.368 e. The molecule has 1 aliphatic heterocycles. The first-order valence-electron chi connectivity index (χ1n) is 7.92. The van der Waals surface area contributed by atoms with Crippen molar-refractivity contribution in [3.05, 3.63) is 53.6 Å². The van der Waals surface area contributed by atoms with E-state index in [0.717, 1.165) is 4.31 Å². The molecule has 3 N–H and O–H groups in total. The van der Waals surface area contributed by atoms with Crippen LogP contribution in [0.4, 0.5) is 18.9 Å². The van der Waals surface area contributed by atoms with Crippen molar-refractivity contribution in [3.8, 4) is 0 Å². The number of halogens is 3. The summed E-state index contributed by atoms with van der Waals surface area (Å²) in [6.07, 6.45) is -5.90. The van der Waals surface area contributed by atoms with Crippen molar-refractivity contribution in [2.45, 2.75) is 35.6 Å². The molecular formula is C16H16F3N3O4S2. The smallest absolute Gasteiger partial charge is 0.368 e. The molecule has 0 saturated heterocycles. The number of nitrogens with zero attached hydrogens (tertiary/aromatic N) is 1. The van der Waals surface area contributed by atoms with E-state index in [1.165, 1.54) is 6.92 Å². The van der Waals surface area contributed by atoms with Gasteiger partial charge in [-0.15, -0.1) is 0 Å². The average molecular weight is 435 g/mol. The summed E-state index contributed by atoms with van der Waals surface area (Å²) in [5.74, 6) is 0. The highest BCUT2D eigenvalue weighted by Gasteiger charge is 2.42. The molecule has 0 radical (unpaired) electrons. The second-order valence-electron chi connectivity index (χ2n) is 6.24. The molecule has 0 spiro atoms. The van der Waals surface area contributed by atoms with Crippen molar-refractivity contribution >= 4 is 25.7 Å². The van der Waals surface area contributed by atoms with Crippen molar-refractivity contribution in [2.24, 2.45) is 5.14 Å². The zero-order chi connectivity index (χ0) is 20.9. The Labute approximate surface area is 160 Å². The van der Waals surface area contributed by atoms with E-state index in [0.29, 0.717) is 17.7 Å². The summed E-state index contributed by atoms with van der Waals surface area (Å²) in [5, 5.41) is 7.59. The summed E-state index contributed by atoms with van der Waals surface area (Å²) in [4.78, 5) is -1.88. The number of primary sulfonamides is 1. The molecule has 2 aromatic rings. The van der Waals surface area contributed by atoms with Gasteiger partial charge >= 0.3 is 6.18 Å². The number of nitrogens with two attached hydrogens (primary N) is 1. The van der Waals surface area contributed by atoms with Gasteiger partial charge in [-0.05, 0) is 24.6 Å². The number of hydrogen-bond acceptors (Lipinski definition) is 5. The van der Waals surface area contributed by atoms with E-state index < -0.39 is 47.7 Å². The fraction of sp³-hybridized carbons (Fsp3) is 0.250. The summed E-state index contributed by atoms with van der Waals surface area (Å²) >= 11 is 0. The van der Waals surface area contributed by atoms with E-state index in [4.69, 9.17) is 5.14 Å². The maximum Gasteiger partial charge on any atom is 0.417 e. The maximum atomic E-state index is 13.3. The third-order valence-electron chi connectivity index (χ3n) is 4.26. The first kappa shape index (κ1) is 20.6. The lowest BCUT2D eigenvalue weighted by atomic mass is 10.2. The summed E-state index contributed by atoms with van der Waals surface area (Å²) < 4.78 is 90.3. The second-order valence-corrected chi connectivity index (χ2v) is 9.63. The molecule has 3 rings (SSSR count). The van der Waals surface area contributed by atoms with Crippen LogP contribution >= 0.6 is 0 Å². The second kappa shape index (κ2) is 6.72. The Morgan fingerprint density at radius 1 is 1.18 bits per heavy atom. The van der Waals surface area contributed by atoms with Gasteiger partial charge in [0.1, 0.15) is 4.90 Å². The van der Waals surface area contributed by atoms with Crippen LogP contribution in [0.25, 0.3) is 0 Å². The van der Waals surface area contributed by atoms with Crippen LogP contribution in [0.15, 0.2) is 52.3 Å². The predicted octanol–water partition coefficient (Wildman–Crippen LogP) is 2.32. The third-order valence-corrected chi connectivity index (χ3v) is 7.17. The van der Waals surface area contributed by atoms with Gasteiger partial charge in [0.15, 0.2) is 0 Å². The van der Waals surface area contributed by atoms with Gasteiger partial charge in [0.25, 0.3) is 0 Å². The zero-order valence-electron chi connectivity index (χ0n) is 14.4. The molecule has 28 heavy (non-hydrogen) atoms. The molecule has 1 heterocycles. The normalized spacial score (nSPS) is 19.7. The fourth-order valence-electron chi connectivity index (χ4n) is 2.96. The Bertz CT molecular complexity index is 1120. The summed E-state index contributed by atoms with van der Waals surface area (Å²) in [5.41, 5.74) is -1.21. The molecule has 2 aromatic carbocycles. The lowest BCUT2D eigenvalue weighted by molar-refractivity contribution is -0.139. The van der Waals surface area contributed by atoms with Crippen LogP contribution in [0.2, 0.25) is 0 Å². The van der Waals surface area contributed by atoms with Crippen LogP contribution in [-0.4, -0.2) is 27.3 Å². The highest BCUT2D eigenvalue weighted by Crippen LogP contribution is 2.41. The first-order chi connectivity index (χ1) is 12.8. The van der Waals surface area contributed by atoms with Crippen LogP contribution in [0.3, 0.4) is 0 Å². The Balaban J connectivity index is 2.19. The summed E-state index contributed by atoms with van der Waals surface area (Å²) in [7, 11) is -9.11. The number of anilines is 1. The molecule has 0 aliphatic carbocycles. The third kappa shape index (κ3) is 3.72. The van der Waals surface area contributed by atoms with Crippen LogP contribution in [-0.2, 0) is 32.8 Å².